The third kappa shape index (κ3) is 5.15. The fraction of sp³-hybridized carbons (Fsp3) is 0.150. The van der Waals surface area contributed by atoms with Crippen LogP contribution >= 0.6 is 0 Å². The predicted molar refractivity (Wildman–Crippen MR) is 103 cm³/mol. The van der Waals surface area contributed by atoms with E-state index in [0.29, 0.717) is 11.1 Å². The van der Waals surface area contributed by atoms with Crippen LogP contribution in [0.1, 0.15) is 16.7 Å². The first kappa shape index (κ1) is 19.6. The third-order valence-corrected chi connectivity index (χ3v) is 4.98. The Hall–Kier alpha value is -2.70. The minimum atomic E-state index is -4.08. The monoisotopic (exact) mass is 371 g/mol. The van der Waals surface area contributed by atoms with Crippen LogP contribution in [-0.2, 0) is 10.1 Å². The minimum Gasteiger partial charge on any atom is -0.282 e. The fourth-order valence-corrected chi connectivity index (χ4v) is 3.77. The van der Waals surface area contributed by atoms with Gasteiger partial charge in [0.25, 0.3) is 10.1 Å². The first-order chi connectivity index (χ1) is 12.2. The zero-order valence-corrected chi connectivity index (χ0v) is 15.9. The molecule has 0 fully saturated rings. The Balaban J connectivity index is 0.000000187. The van der Waals surface area contributed by atoms with E-state index in [1.54, 1.807) is 26.0 Å². The maximum atomic E-state index is 10.9. The van der Waals surface area contributed by atoms with Crippen LogP contribution in [0.2, 0.25) is 0 Å². The number of aromatic nitrogens is 1. The number of aryl methyl sites for hydroxylation is 3. The second-order valence-corrected chi connectivity index (χ2v) is 7.46. The molecule has 5 nitrogen and oxygen atoms in total. The highest BCUT2D eigenvalue weighted by atomic mass is 32.2. The number of nitrogens with zero attached hydrogens (tertiary/aromatic N) is 1. The summed E-state index contributed by atoms with van der Waals surface area (Å²) in [5.74, 6) is 5.52. The molecule has 3 rings (SSSR count). The molecule has 0 amide bonds. The third-order valence-electron chi connectivity index (χ3n) is 3.82. The molecule has 3 aromatic rings. The average Bonchev–Trinajstić information content (AvgIpc) is 2.54. The fourth-order valence-electron chi connectivity index (χ4n) is 2.83. The molecule has 0 bridgehead atoms. The summed E-state index contributed by atoms with van der Waals surface area (Å²) in [5.41, 5.74) is 4.55. The van der Waals surface area contributed by atoms with Gasteiger partial charge in [-0.3, -0.25) is 4.55 Å². The molecule has 0 saturated heterocycles. The molecule has 0 unspecified atom stereocenters. The van der Waals surface area contributed by atoms with E-state index in [9.17, 15) is 8.42 Å². The van der Waals surface area contributed by atoms with Crippen molar-refractivity contribution in [2.24, 2.45) is 0 Å². The molecule has 0 aliphatic heterocycles. The van der Waals surface area contributed by atoms with Crippen molar-refractivity contribution in [2.75, 3.05) is 5.84 Å². The second-order valence-electron chi connectivity index (χ2n) is 6.10. The van der Waals surface area contributed by atoms with E-state index in [1.165, 1.54) is 15.8 Å². The Morgan fingerprint density at radius 3 is 1.77 bits per heavy atom. The number of pyridine rings is 1. The van der Waals surface area contributed by atoms with Crippen molar-refractivity contribution < 1.29 is 17.6 Å². The van der Waals surface area contributed by atoms with Crippen LogP contribution in [-0.4, -0.2) is 13.0 Å². The largest absolute Gasteiger partial charge is 0.295 e. The van der Waals surface area contributed by atoms with Crippen molar-refractivity contribution in [1.82, 2.24) is 0 Å². The zero-order chi connectivity index (χ0) is 19.3. The summed E-state index contributed by atoms with van der Waals surface area (Å²) >= 11 is 0. The van der Waals surface area contributed by atoms with Crippen LogP contribution in [0.4, 0.5) is 0 Å². The quantitative estimate of drug-likeness (QED) is 0.412. The highest BCUT2D eigenvalue weighted by Gasteiger charge is 2.15. The number of hydrogen-bond acceptors (Lipinski definition) is 3. The molecular weight excluding hydrogens is 348 g/mol. The molecule has 0 aliphatic carbocycles. The Morgan fingerprint density at radius 1 is 0.846 bits per heavy atom. The van der Waals surface area contributed by atoms with Gasteiger partial charge < -0.3 is 0 Å². The standard InChI is InChI=1S/C11H11N2.C9H12O3S/c12-13-8-6-11(7-9-13)10-4-2-1-3-5-10;1-6-4-7(2)9(8(3)5-6)13(10,11)12/h1-9H,12H2;4-5H,1-3H3,(H,10,11,12)/q+1;. The summed E-state index contributed by atoms with van der Waals surface area (Å²) in [6.45, 7) is 5.22. The number of hydrogen-bond donors (Lipinski definition) is 2. The lowest BCUT2D eigenvalue weighted by molar-refractivity contribution is -0.638. The van der Waals surface area contributed by atoms with Crippen LogP contribution in [0, 0.1) is 20.8 Å². The van der Waals surface area contributed by atoms with E-state index >= 15 is 0 Å². The van der Waals surface area contributed by atoms with Crippen LogP contribution in [0.3, 0.4) is 0 Å². The molecule has 1 heterocycles. The van der Waals surface area contributed by atoms with Gasteiger partial charge >= 0.3 is 0 Å². The first-order valence-electron chi connectivity index (χ1n) is 8.05. The van der Waals surface area contributed by atoms with Crippen LogP contribution in [0.5, 0.6) is 0 Å². The SMILES string of the molecule is Cc1cc(C)c(S(=O)(=O)O)c(C)c1.N[n+]1ccc(-c2ccccc2)cc1. The molecule has 26 heavy (non-hydrogen) atoms. The van der Waals surface area contributed by atoms with E-state index in [4.69, 9.17) is 10.4 Å². The molecule has 2 aromatic carbocycles. The molecule has 0 radical (unpaired) electrons. The van der Waals surface area contributed by atoms with E-state index in [-0.39, 0.29) is 4.90 Å². The van der Waals surface area contributed by atoms with E-state index in [1.807, 2.05) is 49.6 Å². The summed E-state index contributed by atoms with van der Waals surface area (Å²) in [7, 11) is -4.08. The molecule has 6 heteroatoms. The number of nitrogens with two attached hydrogens (primary N) is 1. The van der Waals surface area contributed by atoms with E-state index in [0.717, 1.165) is 5.56 Å². The van der Waals surface area contributed by atoms with Gasteiger partial charge in [-0.25, -0.2) is 5.84 Å². The molecule has 136 valence electrons. The molecule has 0 spiro atoms. The van der Waals surface area contributed by atoms with Gasteiger partial charge in [-0.1, -0.05) is 52.7 Å². The minimum absolute atomic E-state index is 0.0260. The lowest BCUT2D eigenvalue weighted by Crippen LogP contribution is -2.43. The van der Waals surface area contributed by atoms with E-state index < -0.39 is 10.1 Å². The van der Waals surface area contributed by atoms with Crippen molar-refractivity contribution in [3.63, 3.8) is 0 Å². The molecule has 1 aromatic heterocycles. The Bertz CT molecular complexity index is 960. The molecule has 0 aliphatic rings. The summed E-state index contributed by atoms with van der Waals surface area (Å²) in [5, 5.41) is 0. The Kier molecular flexibility index (Phi) is 6.13. The van der Waals surface area contributed by atoms with Crippen LogP contribution in [0.15, 0.2) is 71.9 Å². The topological polar surface area (TPSA) is 84.3 Å². The van der Waals surface area contributed by atoms with Gasteiger partial charge in [0.1, 0.15) is 0 Å². The van der Waals surface area contributed by atoms with Gasteiger partial charge in [0.15, 0.2) is 12.4 Å². The van der Waals surface area contributed by atoms with Gasteiger partial charge in [-0.05, 0) is 43.0 Å². The summed E-state index contributed by atoms with van der Waals surface area (Å²) in [4.78, 5) is 0.0260. The van der Waals surface area contributed by atoms with E-state index in [2.05, 4.69) is 12.1 Å². The van der Waals surface area contributed by atoms with Crippen molar-refractivity contribution in [3.05, 3.63) is 83.7 Å². The maximum Gasteiger partial charge on any atom is 0.295 e. The number of nitrogen functional groups attached to an aromatic ring is 1. The molecule has 0 atom stereocenters. The zero-order valence-electron chi connectivity index (χ0n) is 15.0. The molecular formula is C20H23N2O3S+. The predicted octanol–water partition coefficient (Wildman–Crippen LogP) is 3.21. The van der Waals surface area contributed by atoms with Gasteiger partial charge in [0, 0.05) is 12.1 Å². The van der Waals surface area contributed by atoms with Crippen LogP contribution in [0.25, 0.3) is 11.1 Å². The lowest BCUT2D eigenvalue weighted by Gasteiger charge is -2.07. The number of rotatable bonds is 2. The smallest absolute Gasteiger partial charge is 0.282 e. The summed E-state index contributed by atoms with van der Waals surface area (Å²) < 4.78 is 32.3. The maximum absolute atomic E-state index is 10.9. The summed E-state index contributed by atoms with van der Waals surface area (Å²) in [6, 6.07) is 17.7. The second kappa shape index (κ2) is 8.12. The Morgan fingerprint density at radius 2 is 1.31 bits per heavy atom. The van der Waals surface area contributed by atoms with Gasteiger partial charge in [0.05, 0.1) is 4.90 Å². The van der Waals surface area contributed by atoms with Crippen LogP contribution < -0.4 is 10.5 Å². The van der Waals surface area contributed by atoms with Crippen molar-refractivity contribution >= 4 is 10.1 Å². The summed E-state index contributed by atoms with van der Waals surface area (Å²) in [6.07, 6.45) is 3.67. The average molecular weight is 371 g/mol. The highest BCUT2D eigenvalue weighted by Crippen LogP contribution is 2.21. The van der Waals surface area contributed by atoms with Crippen molar-refractivity contribution in [2.45, 2.75) is 25.7 Å². The van der Waals surface area contributed by atoms with Gasteiger partial charge in [0.2, 0.25) is 0 Å². The normalized spacial score (nSPS) is 10.8. The first-order valence-corrected chi connectivity index (χ1v) is 9.49. The number of benzene rings is 2. The van der Waals surface area contributed by atoms with Crippen molar-refractivity contribution in [1.29, 1.82) is 0 Å². The highest BCUT2D eigenvalue weighted by molar-refractivity contribution is 7.86. The van der Waals surface area contributed by atoms with Crippen molar-refractivity contribution in [3.8, 4) is 11.1 Å². The van der Waals surface area contributed by atoms with Gasteiger partial charge in [-0.2, -0.15) is 8.42 Å². The Labute approximate surface area is 154 Å². The van der Waals surface area contributed by atoms with Gasteiger partial charge in [-0.15, -0.1) is 0 Å². The molecule has 3 N–H and O–H groups in total. The molecule has 0 saturated carbocycles. The lowest BCUT2D eigenvalue weighted by atomic mass is 10.1.